The number of nitrogens with one attached hydrogen (secondary N) is 2. The smallest absolute Gasteiger partial charge is 0.324 e. The highest BCUT2D eigenvalue weighted by Gasteiger charge is 2.68. The number of carbonyl (C=O) groups is 5. The molecule has 3 aromatic carbocycles. The van der Waals surface area contributed by atoms with Crippen molar-refractivity contribution in [2.75, 3.05) is 11.4 Å². The Balaban J connectivity index is 1.61. The highest BCUT2D eigenvalue weighted by molar-refractivity contribution is 6.24. The summed E-state index contributed by atoms with van der Waals surface area (Å²) in [7, 11) is 0. The Kier molecular flexibility index (Phi) is 6.65. The van der Waals surface area contributed by atoms with E-state index < -0.39 is 47.2 Å². The van der Waals surface area contributed by atoms with Gasteiger partial charge in [-0.3, -0.25) is 24.5 Å². The number of carboxylic acids is 1. The topological polar surface area (TPSA) is 159 Å². The zero-order valence-corrected chi connectivity index (χ0v) is 21.2. The molecule has 2 fully saturated rings. The molecule has 2 heterocycles. The van der Waals surface area contributed by atoms with Crippen molar-refractivity contribution in [3.8, 4) is 0 Å². The second kappa shape index (κ2) is 9.95. The second-order valence-corrected chi connectivity index (χ2v) is 9.98. The predicted octanol–water partition coefficient (Wildman–Crippen LogP) is 2.76. The van der Waals surface area contributed by atoms with Crippen LogP contribution in [0.4, 0.5) is 10.5 Å². The van der Waals surface area contributed by atoms with E-state index in [9.17, 15) is 29.1 Å². The quantitative estimate of drug-likeness (QED) is 0.199. The van der Waals surface area contributed by atoms with Gasteiger partial charge in [0.25, 0.3) is 0 Å². The average molecular weight is 529 g/mol. The largest absolute Gasteiger partial charge is 0.480 e. The number of carboxylic acid groups (broad SMARTS) is 1. The van der Waals surface area contributed by atoms with Crippen LogP contribution in [0.15, 0.2) is 66.7 Å². The molecule has 0 aromatic heterocycles. The zero-order chi connectivity index (χ0) is 27.9. The van der Waals surface area contributed by atoms with E-state index in [1.807, 2.05) is 42.5 Å². The van der Waals surface area contributed by atoms with Crippen molar-refractivity contribution in [3.05, 3.63) is 77.9 Å². The Bertz CT molecular complexity index is 1500. The molecule has 0 aliphatic carbocycles. The second-order valence-electron chi connectivity index (χ2n) is 9.98. The number of anilines is 1. The maximum absolute atomic E-state index is 14.0. The summed E-state index contributed by atoms with van der Waals surface area (Å²) in [6.45, 7) is 1.53. The summed E-state index contributed by atoms with van der Waals surface area (Å²) < 4.78 is 0. The molecule has 3 aromatic rings. The van der Waals surface area contributed by atoms with Crippen molar-refractivity contribution in [1.29, 1.82) is 0 Å². The Morgan fingerprint density at radius 1 is 1.00 bits per heavy atom. The van der Waals surface area contributed by atoms with Crippen molar-refractivity contribution >= 4 is 46.1 Å². The number of benzene rings is 3. The molecule has 200 valence electrons. The van der Waals surface area contributed by atoms with E-state index in [0.29, 0.717) is 5.56 Å². The number of nitrogens with two attached hydrogens (primary N) is 1. The summed E-state index contributed by atoms with van der Waals surface area (Å²) in [6, 6.07) is 17.8. The van der Waals surface area contributed by atoms with Gasteiger partial charge in [0.15, 0.2) is 5.78 Å². The highest BCUT2D eigenvalue weighted by Crippen LogP contribution is 2.52. The normalized spacial score (nSPS) is 24.1. The molecule has 5 rings (SSSR count). The summed E-state index contributed by atoms with van der Waals surface area (Å²) in [6.07, 6.45) is 0.184. The highest BCUT2D eigenvalue weighted by atomic mass is 16.4. The van der Waals surface area contributed by atoms with Gasteiger partial charge < -0.3 is 16.2 Å². The lowest BCUT2D eigenvalue weighted by Crippen LogP contribution is -2.56. The third-order valence-electron chi connectivity index (χ3n) is 7.77. The van der Waals surface area contributed by atoms with Gasteiger partial charge >= 0.3 is 12.0 Å². The number of fused-ring (bicyclic) bond motifs is 2. The number of hydrogen-bond donors (Lipinski definition) is 4. The van der Waals surface area contributed by atoms with Gasteiger partial charge in [-0.05, 0) is 60.4 Å². The van der Waals surface area contributed by atoms with Crippen LogP contribution < -0.4 is 21.3 Å². The fourth-order valence-electron chi connectivity index (χ4n) is 6.00. The van der Waals surface area contributed by atoms with Crippen molar-refractivity contribution < 1.29 is 29.1 Å². The number of rotatable bonds is 8. The standard InChI is InChI=1S/C29H28N4O6/c1-16(34)17-10-12-19(13-11-17)33-25(35)22-23(26(33)36)29(27(37)38,14-5-15-31-28(30)39)32-24(22)21-9-4-7-18-6-2-3-8-20(18)21/h2-4,6-13,22-24,32H,5,14-15H2,1H3,(H,37,38)(H3,30,31,39). The van der Waals surface area contributed by atoms with E-state index in [0.717, 1.165) is 21.2 Å². The molecule has 2 aliphatic heterocycles. The molecule has 0 saturated carbocycles. The van der Waals surface area contributed by atoms with Gasteiger partial charge in [0, 0.05) is 18.2 Å². The maximum Gasteiger partial charge on any atom is 0.324 e. The van der Waals surface area contributed by atoms with Gasteiger partial charge in [0.1, 0.15) is 5.54 Å². The summed E-state index contributed by atoms with van der Waals surface area (Å²) in [5, 5.41) is 18.0. The Hall–Kier alpha value is -4.57. The third kappa shape index (κ3) is 4.32. The number of urea groups is 1. The minimum atomic E-state index is -1.77. The SMILES string of the molecule is CC(=O)c1ccc(N2C(=O)C3C(c4cccc5ccccc45)NC(CCCNC(N)=O)(C(=O)O)C3C2=O)cc1. The maximum atomic E-state index is 14.0. The van der Waals surface area contributed by atoms with Crippen molar-refractivity contribution in [3.63, 3.8) is 0 Å². The van der Waals surface area contributed by atoms with E-state index in [-0.39, 0.29) is 30.9 Å². The molecular formula is C29H28N4O6. The lowest BCUT2D eigenvalue weighted by Gasteiger charge is -2.31. The van der Waals surface area contributed by atoms with Gasteiger partial charge in [-0.25, -0.2) is 9.69 Å². The fourth-order valence-corrected chi connectivity index (χ4v) is 6.00. The number of aliphatic carboxylic acids is 1. The molecular weight excluding hydrogens is 500 g/mol. The lowest BCUT2D eigenvalue weighted by atomic mass is 9.76. The summed E-state index contributed by atoms with van der Waals surface area (Å²) in [5.74, 6) is -4.74. The van der Waals surface area contributed by atoms with Crippen LogP contribution in [-0.4, -0.2) is 46.8 Å². The van der Waals surface area contributed by atoms with Crippen LogP contribution in [0.5, 0.6) is 0 Å². The number of Topliss-reactive ketones (excluding diaryl/α,β-unsaturated/α-hetero) is 1. The Labute approximate surface area is 224 Å². The molecule has 4 atom stereocenters. The molecule has 4 unspecified atom stereocenters. The Morgan fingerprint density at radius 2 is 1.69 bits per heavy atom. The Morgan fingerprint density at radius 3 is 2.36 bits per heavy atom. The van der Waals surface area contributed by atoms with Crippen molar-refractivity contribution in [2.24, 2.45) is 17.6 Å². The van der Waals surface area contributed by atoms with E-state index in [2.05, 4.69) is 10.6 Å². The van der Waals surface area contributed by atoms with Crippen LogP contribution in [0.3, 0.4) is 0 Å². The number of imide groups is 1. The summed E-state index contributed by atoms with van der Waals surface area (Å²) >= 11 is 0. The lowest BCUT2D eigenvalue weighted by molar-refractivity contribution is -0.149. The number of primary amides is 1. The summed E-state index contributed by atoms with van der Waals surface area (Å²) in [5.41, 5.74) is 4.81. The minimum Gasteiger partial charge on any atom is -0.480 e. The number of hydrogen-bond acceptors (Lipinski definition) is 6. The van der Waals surface area contributed by atoms with Crippen molar-refractivity contribution in [1.82, 2.24) is 10.6 Å². The molecule has 2 aliphatic rings. The molecule has 0 radical (unpaired) electrons. The van der Waals surface area contributed by atoms with E-state index in [1.54, 1.807) is 0 Å². The van der Waals surface area contributed by atoms with Gasteiger partial charge in [-0.15, -0.1) is 0 Å². The van der Waals surface area contributed by atoms with Gasteiger partial charge in [0.2, 0.25) is 11.8 Å². The zero-order valence-electron chi connectivity index (χ0n) is 21.2. The molecule has 10 heteroatoms. The average Bonchev–Trinajstić information content (AvgIpc) is 3.40. The van der Waals surface area contributed by atoms with E-state index >= 15 is 0 Å². The first-order chi connectivity index (χ1) is 18.7. The first kappa shape index (κ1) is 26.1. The van der Waals surface area contributed by atoms with Gasteiger partial charge in [0.05, 0.1) is 17.5 Å². The summed E-state index contributed by atoms with van der Waals surface area (Å²) in [4.78, 5) is 64.9. The van der Waals surface area contributed by atoms with Crippen LogP contribution in [0.1, 0.15) is 41.7 Å². The fraction of sp³-hybridized carbons (Fsp3) is 0.276. The molecule has 0 bridgehead atoms. The van der Waals surface area contributed by atoms with Gasteiger partial charge in [-0.2, -0.15) is 0 Å². The third-order valence-corrected chi connectivity index (χ3v) is 7.77. The minimum absolute atomic E-state index is 0.0266. The van der Waals surface area contributed by atoms with Crippen LogP contribution in [0.2, 0.25) is 0 Å². The number of amides is 4. The van der Waals surface area contributed by atoms with E-state index in [1.165, 1.54) is 31.2 Å². The molecule has 5 N–H and O–H groups in total. The van der Waals surface area contributed by atoms with Crippen molar-refractivity contribution in [2.45, 2.75) is 31.3 Å². The number of nitrogens with zero attached hydrogens (tertiary/aromatic N) is 1. The van der Waals surface area contributed by atoms with Crippen LogP contribution in [0, 0.1) is 11.8 Å². The number of ketones is 1. The van der Waals surface area contributed by atoms with Crippen LogP contribution in [-0.2, 0) is 14.4 Å². The molecule has 4 amide bonds. The molecule has 10 nitrogen and oxygen atoms in total. The first-order valence-electron chi connectivity index (χ1n) is 12.7. The van der Waals surface area contributed by atoms with Crippen LogP contribution >= 0.6 is 0 Å². The number of carbonyl (C=O) groups excluding carboxylic acids is 4. The molecule has 39 heavy (non-hydrogen) atoms. The predicted molar refractivity (Wildman–Crippen MR) is 143 cm³/mol. The van der Waals surface area contributed by atoms with Gasteiger partial charge in [-0.1, -0.05) is 42.5 Å². The molecule has 0 spiro atoms. The van der Waals surface area contributed by atoms with Crippen LogP contribution in [0.25, 0.3) is 10.8 Å². The van der Waals surface area contributed by atoms with E-state index in [4.69, 9.17) is 5.73 Å². The monoisotopic (exact) mass is 528 g/mol. The molecule has 2 saturated heterocycles. The first-order valence-corrected chi connectivity index (χ1v) is 12.7.